The van der Waals surface area contributed by atoms with E-state index in [1.807, 2.05) is 24.0 Å². The van der Waals surface area contributed by atoms with Crippen LogP contribution >= 0.6 is 0 Å². The summed E-state index contributed by atoms with van der Waals surface area (Å²) in [5, 5.41) is 11.0. The maximum absolute atomic E-state index is 13.3. The van der Waals surface area contributed by atoms with Gasteiger partial charge in [-0.1, -0.05) is 25.1 Å². The van der Waals surface area contributed by atoms with Crippen LogP contribution in [0.4, 0.5) is 18.9 Å². The highest BCUT2D eigenvalue weighted by atomic mass is 19.4. The Balaban J connectivity index is 1.73. The number of ketones is 1. The molecule has 0 amide bonds. The molecule has 2 aromatic carbocycles. The van der Waals surface area contributed by atoms with Gasteiger partial charge in [-0.25, -0.2) is 0 Å². The molecule has 0 atom stereocenters. The summed E-state index contributed by atoms with van der Waals surface area (Å²) in [6.07, 6.45) is -2.78. The van der Waals surface area contributed by atoms with E-state index < -0.39 is 17.3 Å². The zero-order chi connectivity index (χ0) is 20.4. The first kappa shape index (κ1) is 20.4. The van der Waals surface area contributed by atoms with Gasteiger partial charge in [0.05, 0.1) is 11.2 Å². The Labute approximate surface area is 162 Å². The van der Waals surface area contributed by atoms with Gasteiger partial charge in [0, 0.05) is 30.8 Å². The Bertz CT molecular complexity index is 822. The van der Waals surface area contributed by atoms with E-state index in [-0.39, 0.29) is 24.2 Å². The largest absolute Gasteiger partial charge is 0.416 e. The van der Waals surface area contributed by atoms with Crippen LogP contribution in [-0.2, 0) is 11.8 Å². The lowest BCUT2D eigenvalue weighted by Crippen LogP contribution is -2.43. The Morgan fingerprint density at radius 1 is 1.07 bits per heavy atom. The van der Waals surface area contributed by atoms with Crippen LogP contribution in [0.25, 0.3) is 0 Å². The monoisotopic (exact) mass is 391 g/mol. The van der Waals surface area contributed by atoms with Crippen LogP contribution in [0.1, 0.15) is 54.1 Å². The quantitative estimate of drug-likeness (QED) is 0.715. The highest BCUT2D eigenvalue weighted by Gasteiger charge is 2.42. The van der Waals surface area contributed by atoms with Crippen molar-refractivity contribution in [1.29, 1.82) is 0 Å². The standard InChI is InChI=1S/C22H24F3NO2/c1-2-5-20(27)16-8-10-17(11-9-16)26-14-12-21(28,13-15-26)18-6-3-4-7-19(18)22(23,24)25/h3-4,6-11,28H,2,5,12-15H2,1H3. The third-order valence-corrected chi connectivity index (χ3v) is 5.36. The maximum Gasteiger partial charge on any atom is 0.416 e. The Morgan fingerprint density at radius 3 is 2.25 bits per heavy atom. The van der Waals surface area contributed by atoms with Gasteiger partial charge in [0.2, 0.25) is 0 Å². The fourth-order valence-electron chi connectivity index (χ4n) is 3.77. The lowest BCUT2D eigenvalue weighted by Gasteiger charge is -2.40. The second kappa shape index (κ2) is 7.95. The van der Waals surface area contributed by atoms with Gasteiger partial charge < -0.3 is 10.0 Å². The van der Waals surface area contributed by atoms with Gasteiger partial charge in [0.1, 0.15) is 0 Å². The summed E-state index contributed by atoms with van der Waals surface area (Å²) in [6, 6.07) is 12.5. The predicted octanol–water partition coefficient (Wildman–Crippen LogP) is 5.18. The van der Waals surface area contributed by atoms with Gasteiger partial charge >= 0.3 is 6.18 Å². The zero-order valence-electron chi connectivity index (χ0n) is 15.8. The van der Waals surface area contributed by atoms with Crippen LogP contribution in [0.15, 0.2) is 48.5 Å². The number of aliphatic hydroxyl groups is 1. The predicted molar refractivity (Wildman–Crippen MR) is 102 cm³/mol. The number of carbonyl (C=O) groups excluding carboxylic acids is 1. The minimum atomic E-state index is -4.50. The van der Waals surface area contributed by atoms with Gasteiger partial charge in [-0.15, -0.1) is 0 Å². The highest BCUT2D eigenvalue weighted by Crippen LogP contribution is 2.41. The van der Waals surface area contributed by atoms with E-state index in [2.05, 4.69) is 0 Å². The van der Waals surface area contributed by atoms with Crippen LogP contribution in [0.3, 0.4) is 0 Å². The molecule has 1 fully saturated rings. The molecule has 2 aromatic rings. The topological polar surface area (TPSA) is 40.5 Å². The summed E-state index contributed by atoms with van der Waals surface area (Å²) in [5.74, 6) is 0.103. The molecule has 6 heteroatoms. The Hall–Kier alpha value is -2.34. The lowest BCUT2D eigenvalue weighted by atomic mass is 9.81. The van der Waals surface area contributed by atoms with Gasteiger partial charge in [0.25, 0.3) is 0 Å². The van der Waals surface area contributed by atoms with Crippen LogP contribution in [0, 0.1) is 0 Å². The number of benzene rings is 2. The van der Waals surface area contributed by atoms with Crippen molar-refractivity contribution in [1.82, 2.24) is 0 Å². The lowest BCUT2D eigenvalue weighted by molar-refractivity contribution is -0.141. The average Bonchev–Trinajstić information content (AvgIpc) is 2.68. The summed E-state index contributed by atoms with van der Waals surface area (Å²) in [6.45, 7) is 2.83. The molecule has 150 valence electrons. The Morgan fingerprint density at radius 2 is 1.68 bits per heavy atom. The highest BCUT2D eigenvalue weighted by molar-refractivity contribution is 5.96. The van der Waals surface area contributed by atoms with Crippen molar-refractivity contribution in [2.45, 2.75) is 44.4 Å². The van der Waals surface area contributed by atoms with Crippen molar-refractivity contribution in [2.24, 2.45) is 0 Å². The number of rotatable bonds is 5. The fourth-order valence-corrected chi connectivity index (χ4v) is 3.77. The molecule has 0 spiro atoms. The molecule has 1 saturated heterocycles. The first-order valence-electron chi connectivity index (χ1n) is 9.52. The molecule has 28 heavy (non-hydrogen) atoms. The van der Waals surface area contributed by atoms with Gasteiger partial charge in [-0.3, -0.25) is 4.79 Å². The van der Waals surface area contributed by atoms with Crippen molar-refractivity contribution < 1.29 is 23.1 Å². The third-order valence-electron chi connectivity index (χ3n) is 5.36. The van der Waals surface area contributed by atoms with Gasteiger partial charge in [-0.2, -0.15) is 13.2 Å². The summed E-state index contributed by atoms with van der Waals surface area (Å²) in [4.78, 5) is 14.0. The SMILES string of the molecule is CCCC(=O)c1ccc(N2CCC(O)(c3ccccc3C(F)(F)F)CC2)cc1. The molecular weight excluding hydrogens is 367 g/mol. The molecule has 3 nitrogen and oxygen atoms in total. The first-order valence-corrected chi connectivity index (χ1v) is 9.52. The van der Waals surface area contributed by atoms with E-state index in [9.17, 15) is 23.1 Å². The number of hydrogen-bond acceptors (Lipinski definition) is 3. The number of halogens is 3. The molecule has 0 aromatic heterocycles. The van der Waals surface area contributed by atoms with Crippen molar-refractivity contribution in [3.05, 3.63) is 65.2 Å². The van der Waals surface area contributed by atoms with E-state index in [1.54, 1.807) is 12.1 Å². The van der Waals surface area contributed by atoms with Gasteiger partial charge in [-0.05, 0) is 55.2 Å². The molecule has 0 radical (unpaired) electrons. The first-order chi connectivity index (χ1) is 13.2. The normalized spacial score (nSPS) is 16.8. The number of Topliss-reactive ketones (excluding diaryl/α,β-unsaturated/α-hetero) is 1. The number of hydrogen-bond donors (Lipinski definition) is 1. The smallest absolute Gasteiger partial charge is 0.385 e. The third kappa shape index (κ3) is 4.22. The summed E-state index contributed by atoms with van der Waals surface area (Å²) in [5.41, 5.74) is -0.760. The van der Waals surface area contributed by atoms with Crippen LogP contribution in [0.5, 0.6) is 0 Å². The van der Waals surface area contributed by atoms with E-state index in [1.165, 1.54) is 18.2 Å². The number of alkyl halides is 3. The minimum absolute atomic E-state index is 0.0531. The van der Waals surface area contributed by atoms with Crippen molar-refractivity contribution in [3.63, 3.8) is 0 Å². The molecule has 0 aliphatic carbocycles. The number of nitrogens with zero attached hydrogens (tertiary/aromatic N) is 1. The summed E-state index contributed by atoms with van der Waals surface area (Å²) < 4.78 is 40.0. The van der Waals surface area contributed by atoms with E-state index in [4.69, 9.17) is 0 Å². The van der Waals surface area contributed by atoms with Crippen molar-refractivity contribution in [2.75, 3.05) is 18.0 Å². The van der Waals surface area contributed by atoms with E-state index >= 15 is 0 Å². The van der Waals surface area contributed by atoms with Crippen LogP contribution in [-0.4, -0.2) is 24.0 Å². The summed E-state index contributed by atoms with van der Waals surface area (Å²) >= 11 is 0. The van der Waals surface area contributed by atoms with Crippen molar-refractivity contribution >= 4 is 11.5 Å². The van der Waals surface area contributed by atoms with E-state index in [0.717, 1.165) is 18.2 Å². The zero-order valence-corrected chi connectivity index (χ0v) is 15.8. The molecule has 0 bridgehead atoms. The number of anilines is 1. The van der Waals surface area contributed by atoms with E-state index in [0.29, 0.717) is 25.1 Å². The minimum Gasteiger partial charge on any atom is -0.385 e. The van der Waals surface area contributed by atoms with Crippen LogP contribution < -0.4 is 4.90 Å². The van der Waals surface area contributed by atoms with Gasteiger partial charge in [0.15, 0.2) is 5.78 Å². The molecule has 0 saturated carbocycles. The molecule has 1 heterocycles. The van der Waals surface area contributed by atoms with Crippen LogP contribution in [0.2, 0.25) is 0 Å². The molecule has 3 rings (SSSR count). The maximum atomic E-state index is 13.3. The number of carbonyl (C=O) groups is 1. The molecule has 1 aliphatic heterocycles. The van der Waals surface area contributed by atoms with Crippen molar-refractivity contribution in [3.8, 4) is 0 Å². The molecule has 0 unspecified atom stereocenters. The fraction of sp³-hybridized carbons (Fsp3) is 0.409. The second-order valence-electron chi connectivity index (χ2n) is 7.28. The number of piperidine rings is 1. The second-order valence-corrected chi connectivity index (χ2v) is 7.28. The summed E-state index contributed by atoms with van der Waals surface area (Å²) in [7, 11) is 0. The molecule has 1 N–H and O–H groups in total. The average molecular weight is 391 g/mol. The molecular formula is C22H24F3NO2. The molecule has 1 aliphatic rings. The Kier molecular flexibility index (Phi) is 5.79.